The van der Waals surface area contributed by atoms with Crippen LogP contribution in [0.2, 0.25) is 0 Å². The standard InChI is InChI=1S/C21H41NO3/c1-5-9-12-13-15-19(23)18-22(16-10-6-2,17-11-7-3)20(14-8-4)21(24)25/h18,20H,5-17H2,1-4H3,(H-,23,24,25)/b19-18+. The number of quaternary nitrogens is 1. The first-order valence-electron chi connectivity index (χ1n) is 10.4. The monoisotopic (exact) mass is 355 g/mol. The van der Waals surface area contributed by atoms with E-state index in [9.17, 15) is 15.0 Å². The van der Waals surface area contributed by atoms with E-state index in [1.165, 1.54) is 12.8 Å². The third kappa shape index (κ3) is 9.29. The van der Waals surface area contributed by atoms with Crippen molar-refractivity contribution in [1.82, 2.24) is 0 Å². The Morgan fingerprint density at radius 2 is 1.48 bits per heavy atom. The number of carboxylic acid groups (broad SMARTS) is 1. The lowest BCUT2D eigenvalue weighted by molar-refractivity contribution is -0.899. The number of aliphatic carboxylic acids is 1. The van der Waals surface area contributed by atoms with Crippen molar-refractivity contribution in [3.63, 3.8) is 0 Å². The molecule has 0 saturated heterocycles. The molecule has 148 valence electrons. The van der Waals surface area contributed by atoms with E-state index in [4.69, 9.17) is 0 Å². The fourth-order valence-corrected chi connectivity index (χ4v) is 3.50. The highest BCUT2D eigenvalue weighted by Gasteiger charge is 2.35. The number of carbonyl (C=O) groups excluding carboxylic acids is 1. The Balaban J connectivity index is 5.50. The van der Waals surface area contributed by atoms with E-state index < -0.39 is 12.0 Å². The lowest BCUT2D eigenvalue weighted by atomic mass is 10.0. The molecule has 0 aliphatic heterocycles. The Morgan fingerprint density at radius 1 is 0.920 bits per heavy atom. The molecule has 0 aliphatic carbocycles. The maximum Gasteiger partial charge on any atom is 0.145 e. The van der Waals surface area contributed by atoms with Crippen LogP contribution in [-0.4, -0.2) is 34.7 Å². The van der Waals surface area contributed by atoms with Crippen LogP contribution in [0, 0.1) is 0 Å². The van der Waals surface area contributed by atoms with Crippen LogP contribution in [0.15, 0.2) is 12.0 Å². The van der Waals surface area contributed by atoms with Crippen molar-refractivity contribution in [2.24, 2.45) is 0 Å². The Kier molecular flexibility index (Phi) is 13.6. The van der Waals surface area contributed by atoms with Gasteiger partial charge in [0, 0.05) is 12.8 Å². The number of nitrogens with zero attached hydrogens (tertiary/aromatic N) is 1. The van der Waals surface area contributed by atoms with Gasteiger partial charge in [-0.25, -0.2) is 0 Å². The lowest BCUT2D eigenvalue weighted by Crippen LogP contribution is -2.59. The number of hydrogen-bond donors (Lipinski definition) is 1. The second-order valence-corrected chi connectivity index (χ2v) is 7.31. The summed E-state index contributed by atoms with van der Waals surface area (Å²) in [6, 6.07) is -0.569. The van der Waals surface area contributed by atoms with Crippen molar-refractivity contribution in [3.8, 4) is 0 Å². The van der Waals surface area contributed by atoms with Crippen LogP contribution >= 0.6 is 0 Å². The second kappa shape index (κ2) is 14.2. The summed E-state index contributed by atoms with van der Waals surface area (Å²) in [7, 11) is 0. The smallest absolute Gasteiger partial charge is 0.145 e. The van der Waals surface area contributed by atoms with Gasteiger partial charge in [-0.2, -0.15) is 0 Å². The van der Waals surface area contributed by atoms with Gasteiger partial charge in [0.25, 0.3) is 0 Å². The summed E-state index contributed by atoms with van der Waals surface area (Å²) < 4.78 is 0.345. The number of carboxylic acids is 1. The first kappa shape index (κ1) is 24.0. The summed E-state index contributed by atoms with van der Waals surface area (Å²) in [4.78, 5) is 11.9. The third-order valence-electron chi connectivity index (χ3n) is 5.00. The van der Waals surface area contributed by atoms with Crippen molar-refractivity contribution in [2.45, 2.75) is 104 Å². The molecule has 0 heterocycles. The SMILES string of the molecule is CCCCCC/C(O)=C\[N+](CCCC)(CCCC)C(CCC)C(=O)[O-]. The molecule has 25 heavy (non-hydrogen) atoms. The molecule has 4 heteroatoms. The molecule has 0 aromatic carbocycles. The first-order valence-corrected chi connectivity index (χ1v) is 10.4. The van der Waals surface area contributed by atoms with Crippen molar-refractivity contribution in [3.05, 3.63) is 12.0 Å². The highest BCUT2D eigenvalue weighted by Crippen LogP contribution is 2.25. The zero-order chi connectivity index (χ0) is 19.1. The number of carbonyl (C=O) groups is 1. The summed E-state index contributed by atoms with van der Waals surface area (Å²) in [5.41, 5.74) is 0. The number of aliphatic hydroxyl groups excluding tert-OH is 1. The summed E-state index contributed by atoms with van der Waals surface area (Å²) >= 11 is 0. The lowest BCUT2D eigenvalue weighted by Gasteiger charge is -2.43. The summed E-state index contributed by atoms with van der Waals surface area (Å²) in [6.07, 6.45) is 12.3. The maximum absolute atomic E-state index is 11.9. The molecular formula is C21H41NO3. The molecule has 1 atom stereocenters. The number of allylic oxidation sites excluding steroid dienone is 1. The van der Waals surface area contributed by atoms with E-state index in [0.29, 0.717) is 23.1 Å². The normalized spacial score (nSPS) is 13.8. The van der Waals surface area contributed by atoms with E-state index in [-0.39, 0.29) is 0 Å². The molecule has 0 bridgehead atoms. The summed E-state index contributed by atoms with van der Waals surface area (Å²) in [5.74, 6) is -0.630. The second-order valence-electron chi connectivity index (χ2n) is 7.31. The van der Waals surface area contributed by atoms with Gasteiger partial charge in [0.15, 0.2) is 0 Å². The molecule has 0 saturated carbocycles. The highest BCUT2D eigenvalue weighted by molar-refractivity contribution is 5.69. The third-order valence-corrected chi connectivity index (χ3v) is 5.00. The fourth-order valence-electron chi connectivity index (χ4n) is 3.50. The summed E-state index contributed by atoms with van der Waals surface area (Å²) in [6.45, 7) is 9.94. The molecule has 0 amide bonds. The Morgan fingerprint density at radius 3 is 1.92 bits per heavy atom. The average Bonchev–Trinajstić information content (AvgIpc) is 2.59. The van der Waals surface area contributed by atoms with Crippen molar-refractivity contribution < 1.29 is 19.5 Å². The van der Waals surface area contributed by atoms with Gasteiger partial charge >= 0.3 is 0 Å². The zero-order valence-electron chi connectivity index (χ0n) is 17.1. The van der Waals surface area contributed by atoms with Gasteiger partial charge in [-0.15, -0.1) is 0 Å². The van der Waals surface area contributed by atoms with Gasteiger partial charge in [-0.1, -0.05) is 66.2 Å². The quantitative estimate of drug-likeness (QED) is 0.248. The first-order chi connectivity index (χ1) is 12.0. The van der Waals surface area contributed by atoms with Gasteiger partial charge in [-0.05, 0) is 19.3 Å². The minimum Gasteiger partial charge on any atom is -0.544 e. The van der Waals surface area contributed by atoms with Gasteiger partial charge in [-0.3, -0.25) is 4.48 Å². The van der Waals surface area contributed by atoms with Gasteiger partial charge in [0.1, 0.15) is 18.0 Å². The van der Waals surface area contributed by atoms with Crippen LogP contribution in [-0.2, 0) is 4.79 Å². The Hall–Kier alpha value is -1.03. The number of hydrogen-bond acceptors (Lipinski definition) is 3. The minimum atomic E-state index is -0.982. The molecular weight excluding hydrogens is 314 g/mol. The van der Waals surface area contributed by atoms with E-state index in [2.05, 4.69) is 20.8 Å². The van der Waals surface area contributed by atoms with Crippen LogP contribution in [0.1, 0.15) is 98.3 Å². The molecule has 1 unspecified atom stereocenters. The number of unbranched alkanes of at least 4 members (excludes halogenated alkanes) is 5. The molecule has 0 aromatic heterocycles. The topological polar surface area (TPSA) is 60.4 Å². The number of rotatable bonds is 16. The van der Waals surface area contributed by atoms with E-state index in [1.807, 2.05) is 13.1 Å². The molecule has 0 rings (SSSR count). The van der Waals surface area contributed by atoms with Crippen LogP contribution in [0.4, 0.5) is 0 Å². The van der Waals surface area contributed by atoms with Crippen LogP contribution in [0.5, 0.6) is 0 Å². The molecule has 4 nitrogen and oxygen atoms in total. The van der Waals surface area contributed by atoms with Gasteiger partial charge < -0.3 is 15.0 Å². The Bertz CT molecular complexity index is 371. The molecule has 1 N–H and O–H groups in total. The van der Waals surface area contributed by atoms with Crippen LogP contribution in [0.3, 0.4) is 0 Å². The summed E-state index contributed by atoms with van der Waals surface area (Å²) in [5, 5.41) is 22.4. The van der Waals surface area contributed by atoms with E-state index >= 15 is 0 Å². The molecule has 0 radical (unpaired) electrons. The van der Waals surface area contributed by atoms with Crippen LogP contribution < -0.4 is 5.11 Å². The largest absolute Gasteiger partial charge is 0.544 e. The molecule has 0 aromatic rings. The maximum atomic E-state index is 11.9. The molecule has 0 spiro atoms. The molecule has 0 fully saturated rings. The molecule has 0 aliphatic rings. The number of aliphatic hydroxyl groups is 1. The van der Waals surface area contributed by atoms with Gasteiger partial charge in [0.2, 0.25) is 0 Å². The van der Waals surface area contributed by atoms with Crippen molar-refractivity contribution in [2.75, 3.05) is 13.1 Å². The predicted octanol–water partition coefficient (Wildman–Crippen LogP) is 4.69. The van der Waals surface area contributed by atoms with Crippen molar-refractivity contribution in [1.29, 1.82) is 0 Å². The van der Waals surface area contributed by atoms with E-state index in [1.54, 1.807) is 0 Å². The average molecular weight is 356 g/mol. The zero-order valence-corrected chi connectivity index (χ0v) is 17.1. The highest BCUT2D eigenvalue weighted by atomic mass is 16.4. The van der Waals surface area contributed by atoms with Crippen molar-refractivity contribution >= 4 is 5.97 Å². The van der Waals surface area contributed by atoms with Gasteiger partial charge in [0.05, 0.1) is 19.1 Å². The minimum absolute atomic E-state index is 0.345. The Labute approximate surface area is 155 Å². The fraction of sp³-hybridized carbons (Fsp3) is 0.857. The van der Waals surface area contributed by atoms with E-state index in [0.717, 1.165) is 58.0 Å². The van der Waals surface area contributed by atoms with Crippen LogP contribution in [0.25, 0.3) is 0 Å². The predicted molar refractivity (Wildman–Crippen MR) is 103 cm³/mol.